The zero-order valence-corrected chi connectivity index (χ0v) is 9.54. The van der Waals surface area contributed by atoms with Gasteiger partial charge in [-0.2, -0.15) is 0 Å². The molecule has 15 heavy (non-hydrogen) atoms. The van der Waals surface area contributed by atoms with E-state index in [9.17, 15) is 4.79 Å². The quantitative estimate of drug-likeness (QED) is 0.630. The highest BCUT2D eigenvalue weighted by atomic mass is 16.5. The van der Waals surface area contributed by atoms with Gasteiger partial charge in [0.25, 0.3) is 0 Å². The third-order valence-electron chi connectivity index (χ3n) is 3.95. The lowest BCUT2D eigenvalue weighted by atomic mass is 9.83. The molecule has 0 atom stereocenters. The molecule has 0 aliphatic heterocycles. The van der Waals surface area contributed by atoms with E-state index in [4.69, 9.17) is 4.74 Å². The molecule has 2 saturated carbocycles. The summed E-state index contributed by atoms with van der Waals surface area (Å²) in [5.41, 5.74) is 0. The van der Waals surface area contributed by atoms with Crippen molar-refractivity contribution >= 4 is 5.78 Å². The molecule has 0 spiro atoms. The van der Waals surface area contributed by atoms with Crippen LogP contribution in [0.1, 0.15) is 51.4 Å². The van der Waals surface area contributed by atoms with E-state index in [0.29, 0.717) is 18.3 Å². The van der Waals surface area contributed by atoms with Crippen molar-refractivity contribution in [3.63, 3.8) is 0 Å². The summed E-state index contributed by atoms with van der Waals surface area (Å²) in [5, 5.41) is 0. The Morgan fingerprint density at radius 1 is 1.07 bits per heavy atom. The molecule has 2 heteroatoms. The second kappa shape index (κ2) is 5.64. The fourth-order valence-electron chi connectivity index (χ4n) is 2.57. The van der Waals surface area contributed by atoms with Crippen molar-refractivity contribution < 1.29 is 9.53 Å². The molecule has 0 saturated heterocycles. The summed E-state index contributed by atoms with van der Waals surface area (Å²) in [6, 6.07) is 0. The van der Waals surface area contributed by atoms with Gasteiger partial charge in [0.2, 0.25) is 0 Å². The van der Waals surface area contributed by atoms with Crippen LogP contribution in [0.15, 0.2) is 0 Å². The van der Waals surface area contributed by atoms with Crippen LogP contribution in [0.25, 0.3) is 0 Å². The van der Waals surface area contributed by atoms with Crippen LogP contribution < -0.4 is 0 Å². The number of carbonyl (C=O) groups is 1. The summed E-state index contributed by atoms with van der Waals surface area (Å²) < 4.78 is 5.46. The van der Waals surface area contributed by atoms with E-state index in [1.807, 2.05) is 0 Å². The first-order valence-electron chi connectivity index (χ1n) is 6.46. The Labute approximate surface area is 92.4 Å². The van der Waals surface area contributed by atoms with Gasteiger partial charge in [-0.15, -0.1) is 0 Å². The van der Waals surface area contributed by atoms with Crippen LogP contribution in [0.4, 0.5) is 0 Å². The molecule has 2 aliphatic rings. The second-order valence-corrected chi connectivity index (χ2v) is 5.09. The molecule has 2 fully saturated rings. The van der Waals surface area contributed by atoms with Gasteiger partial charge in [0, 0.05) is 12.5 Å². The third kappa shape index (κ3) is 3.30. The minimum absolute atomic E-state index is 0.328. The zero-order valence-electron chi connectivity index (χ0n) is 9.54. The summed E-state index contributed by atoms with van der Waals surface area (Å²) >= 11 is 0. The Kier molecular flexibility index (Phi) is 4.18. The van der Waals surface area contributed by atoms with Crippen LogP contribution in [-0.4, -0.2) is 19.0 Å². The lowest BCUT2D eigenvalue weighted by Gasteiger charge is -2.24. The third-order valence-corrected chi connectivity index (χ3v) is 3.95. The second-order valence-electron chi connectivity index (χ2n) is 5.09. The van der Waals surface area contributed by atoms with Gasteiger partial charge in [-0.25, -0.2) is 0 Å². The van der Waals surface area contributed by atoms with Crippen LogP contribution >= 0.6 is 0 Å². The van der Waals surface area contributed by atoms with E-state index in [1.165, 1.54) is 32.1 Å². The number of hydrogen-bond acceptors (Lipinski definition) is 2. The van der Waals surface area contributed by atoms with E-state index in [1.54, 1.807) is 0 Å². The predicted octanol–water partition coefficient (Wildman–Crippen LogP) is 2.95. The molecular weight excluding hydrogens is 188 g/mol. The largest absolute Gasteiger partial charge is 0.374 e. The van der Waals surface area contributed by atoms with Gasteiger partial charge in [-0.1, -0.05) is 32.1 Å². The highest BCUT2D eigenvalue weighted by Crippen LogP contribution is 2.29. The van der Waals surface area contributed by atoms with Crippen molar-refractivity contribution in [1.29, 1.82) is 0 Å². The van der Waals surface area contributed by atoms with Gasteiger partial charge < -0.3 is 4.74 Å². The Bertz CT molecular complexity index is 203. The topological polar surface area (TPSA) is 26.3 Å². The molecule has 0 aromatic carbocycles. The lowest BCUT2D eigenvalue weighted by molar-refractivity contribution is -0.127. The van der Waals surface area contributed by atoms with Crippen molar-refractivity contribution in [2.24, 2.45) is 11.8 Å². The fraction of sp³-hybridized carbons (Fsp3) is 0.923. The first-order chi connectivity index (χ1) is 7.36. The Morgan fingerprint density at radius 3 is 2.40 bits per heavy atom. The SMILES string of the molecule is O=C(COCCC1CCC1)C1CCCC1. The molecular formula is C13H22O2. The smallest absolute Gasteiger partial charge is 0.161 e. The van der Waals surface area contributed by atoms with Gasteiger partial charge in [-0.05, 0) is 25.2 Å². The molecule has 2 rings (SSSR count). The summed E-state index contributed by atoms with van der Waals surface area (Å²) in [6.45, 7) is 1.17. The maximum absolute atomic E-state index is 11.6. The molecule has 2 aliphatic carbocycles. The molecule has 0 radical (unpaired) electrons. The van der Waals surface area contributed by atoms with Crippen LogP contribution in [0.3, 0.4) is 0 Å². The number of hydrogen-bond donors (Lipinski definition) is 0. The van der Waals surface area contributed by atoms with E-state index < -0.39 is 0 Å². The average molecular weight is 210 g/mol. The standard InChI is InChI=1S/C13H22O2/c14-13(12-6-1-2-7-12)10-15-9-8-11-4-3-5-11/h11-12H,1-10H2. The van der Waals surface area contributed by atoms with Gasteiger partial charge in [-0.3, -0.25) is 4.79 Å². The van der Waals surface area contributed by atoms with E-state index in [-0.39, 0.29) is 0 Å². The zero-order chi connectivity index (χ0) is 10.5. The van der Waals surface area contributed by atoms with Gasteiger partial charge in [0.05, 0.1) is 0 Å². The van der Waals surface area contributed by atoms with Crippen LogP contribution in [-0.2, 0) is 9.53 Å². The summed E-state index contributed by atoms with van der Waals surface area (Å²) in [4.78, 5) is 11.6. The molecule has 0 aromatic heterocycles. The Balaban J connectivity index is 1.50. The Hall–Kier alpha value is -0.370. The highest BCUT2D eigenvalue weighted by Gasteiger charge is 2.22. The number of rotatable bonds is 6. The van der Waals surface area contributed by atoms with Crippen molar-refractivity contribution in [2.75, 3.05) is 13.2 Å². The number of Topliss-reactive ketones (excluding diaryl/α,β-unsaturated/α-hetero) is 1. The highest BCUT2D eigenvalue weighted by molar-refractivity contribution is 5.82. The molecule has 0 amide bonds. The molecule has 0 bridgehead atoms. The van der Waals surface area contributed by atoms with E-state index in [2.05, 4.69) is 0 Å². The van der Waals surface area contributed by atoms with Gasteiger partial charge in [0.15, 0.2) is 5.78 Å². The van der Waals surface area contributed by atoms with Crippen molar-refractivity contribution in [2.45, 2.75) is 51.4 Å². The molecule has 0 N–H and O–H groups in total. The summed E-state index contributed by atoms with van der Waals surface area (Å²) in [7, 11) is 0. The first-order valence-corrected chi connectivity index (χ1v) is 6.46. The maximum atomic E-state index is 11.6. The fourth-order valence-corrected chi connectivity index (χ4v) is 2.57. The molecule has 0 unspecified atom stereocenters. The van der Waals surface area contributed by atoms with Gasteiger partial charge >= 0.3 is 0 Å². The number of carbonyl (C=O) groups excluding carboxylic acids is 1. The molecule has 86 valence electrons. The number of ketones is 1. The Morgan fingerprint density at radius 2 is 1.80 bits per heavy atom. The summed E-state index contributed by atoms with van der Waals surface area (Å²) in [6.07, 6.45) is 9.98. The van der Waals surface area contributed by atoms with E-state index >= 15 is 0 Å². The van der Waals surface area contributed by atoms with Crippen LogP contribution in [0, 0.1) is 11.8 Å². The minimum Gasteiger partial charge on any atom is -0.374 e. The minimum atomic E-state index is 0.328. The predicted molar refractivity (Wildman–Crippen MR) is 59.7 cm³/mol. The van der Waals surface area contributed by atoms with Crippen molar-refractivity contribution in [3.05, 3.63) is 0 Å². The number of ether oxygens (including phenoxy) is 1. The average Bonchev–Trinajstić information content (AvgIpc) is 2.67. The molecule has 2 nitrogen and oxygen atoms in total. The summed E-state index contributed by atoms with van der Waals surface area (Å²) in [5.74, 6) is 1.57. The van der Waals surface area contributed by atoms with Crippen molar-refractivity contribution in [3.8, 4) is 0 Å². The van der Waals surface area contributed by atoms with Crippen LogP contribution in [0.5, 0.6) is 0 Å². The normalized spacial score (nSPS) is 22.9. The lowest BCUT2D eigenvalue weighted by Crippen LogP contribution is -2.19. The maximum Gasteiger partial charge on any atom is 0.161 e. The van der Waals surface area contributed by atoms with Gasteiger partial charge in [0.1, 0.15) is 6.61 Å². The molecule has 0 aromatic rings. The first kappa shape index (κ1) is 11.1. The van der Waals surface area contributed by atoms with Crippen LogP contribution in [0.2, 0.25) is 0 Å². The molecule has 0 heterocycles. The van der Waals surface area contributed by atoms with E-state index in [0.717, 1.165) is 31.8 Å². The van der Waals surface area contributed by atoms with Crippen molar-refractivity contribution in [1.82, 2.24) is 0 Å². The monoisotopic (exact) mass is 210 g/mol.